The molecule has 14 heavy (non-hydrogen) atoms. The standard InChI is InChI=1S/C12H15NS/c1-3-9-14-12-8-6-5-7-11(12)10-13-4-2/h3,5-8,10H,1,4,9H2,2H3. The Bertz CT molecular complexity index is 318. The molecular weight excluding hydrogens is 190 g/mol. The van der Waals surface area contributed by atoms with E-state index >= 15 is 0 Å². The first-order valence-electron chi connectivity index (χ1n) is 4.71. The van der Waals surface area contributed by atoms with Crippen molar-refractivity contribution >= 4 is 18.0 Å². The largest absolute Gasteiger partial charge is 0.293 e. The number of aliphatic imine (C=N–C) groups is 1. The van der Waals surface area contributed by atoms with Gasteiger partial charge in [0, 0.05) is 29.0 Å². The summed E-state index contributed by atoms with van der Waals surface area (Å²) in [6, 6.07) is 8.29. The third-order valence-electron chi connectivity index (χ3n) is 1.69. The first-order chi connectivity index (χ1) is 6.88. The summed E-state index contributed by atoms with van der Waals surface area (Å²) in [5, 5.41) is 0. The minimum absolute atomic E-state index is 0.834. The maximum Gasteiger partial charge on any atom is 0.0361 e. The average Bonchev–Trinajstić information content (AvgIpc) is 2.24. The highest BCUT2D eigenvalue weighted by atomic mass is 32.2. The Kier molecular flexibility index (Phi) is 5.08. The first-order valence-corrected chi connectivity index (χ1v) is 5.69. The van der Waals surface area contributed by atoms with Gasteiger partial charge in [-0.15, -0.1) is 18.3 Å². The third kappa shape index (κ3) is 3.38. The lowest BCUT2D eigenvalue weighted by Gasteiger charge is -2.02. The van der Waals surface area contributed by atoms with Gasteiger partial charge in [0.15, 0.2) is 0 Å². The minimum atomic E-state index is 0.834. The van der Waals surface area contributed by atoms with Crippen molar-refractivity contribution in [1.82, 2.24) is 0 Å². The maximum atomic E-state index is 4.25. The molecule has 0 spiro atoms. The Labute approximate surface area is 89.9 Å². The normalized spacial score (nSPS) is 10.6. The van der Waals surface area contributed by atoms with Crippen LogP contribution in [0.15, 0.2) is 46.8 Å². The molecule has 0 unspecified atom stereocenters. The topological polar surface area (TPSA) is 12.4 Å². The summed E-state index contributed by atoms with van der Waals surface area (Å²) in [4.78, 5) is 5.51. The van der Waals surface area contributed by atoms with Crippen LogP contribution in [0, 0.1) is 0 Å². The summed E-state index contributed by atoms with van der Waals surface area (Å²) in [6.45, 7) is 6.58. The van der Waals surface area contributed by atoms with Crippen LogP contribution in [0.1, 0.15) is 12.5 Å². The minimum Gasteiger partial charge on any atom is -0.293 e. The highest BCUT2D eigenvalue weighted by molar-refractivity contribution is 7.99. The number of thioether (sulfide) groups is 1. The molecule has 0 saturated carbocycles. The van der Waals surface area contributed by atoms with E-state index in [1.807, 2.05) is 25.3 Å². The molecule has 0 saturated heterocycles. The van der Waals surface area contributed by atoms with Crippen molar-refractivity contribution < 1.29 is 0 Å². The number of nitrogens with zero attached hydrogens (tertiary/aromatic N) is 1. The van der Waals surface area contributed by atoms with Gasteiger partial charge in [-0.05, 0) is 13.0 Å². The van der Waals surface area contributed by atoms with Gasteiger partial charge >= 0.3 is 0 Å². The van der Waals surface area contributed by atoms with Crippen LogP contribution in [0.2, 0.25) is 0 Å². The zero-order valence-corrected chi connectivity index (χ0v) is 9.26. The molecule has 0 radical (unpaired) electrons. The van der Waals surface area contributed by atoms with Crippen LogP contribution in [0.4, 0.5) is 0 Å². The van der Waals surface area contributed by atoms with E-state index in [0.29, 0.717) is 0 Å². The fraction of sp³-hybridized carbons (Fsp3) is 0.250. The lowest BCUT2D eigenvalue weighted by atomic mass is 10.2. The van der Waals surface area contributed by atoms with Gasteiger partial charge in [-0.3, -0.25) is 4.99 Å². The molecule has 0 N–H and O–H groups in total. The van der Waals surface area contributed by atoms with E-state index < -0.39 is 0 Å². The molecule has 0 aliphatic heterocycles. The summed E-state index contributed by atoms with van der Waals surface area (Å²) in [7, 11) is 0. The van der Waals surface area contributed by atoms with Crippen molar-refractivity contribution in [2.24, 2.45) is 4.99 Å². The van der Waals surface area contributed by atoms with Crippen molar-refractivity contribution in [2.45, 2.75) is 11.8 Å². The Morgan fingerprint density at radius 2 is 2.21 bits per heavy atom. The molecule has 1 aromatic carbocycles. The van der Waals surface area contributed by atoms with Crippen LogP contribution in [0.3, 0.4) is 0 Å². The summed E-state index contributed by atoms with van der Waals surface area (Å²) < 4.78 is 0. The smallest absolute Gasteiger partial charge is 0.0361 e. The van der Waals surface area contributed by atoms with E-state index in [4.69, 9.17) is 0 Å². The molecule has 0 aliphatic rings. The van der Waals surface area contributed by atoms with E-state index in [1.165, 1.54) is 10.5 Å². The maximum absolute atomic E-state index is 4.25. The van der Waals surface area contributed by atoms with Gasteiger partial charge in [-0.1, -0.05) is 24.3 Å². The fourth-order valence-electron chi connectivity index (χ4n) is 1.06. The lowest BCUT2D eigenvalue weighted by Crippen LogP contribution is -1.86. The van der Waals surface area contributed by atoms with Crippen molar-refractivity contribution in [2.75, 3.05) is 12.3 Å². The first kappa shape index (κ1) is 11.1. The molecule has 1 aromatic rings. The highest BCUT2D eigenvalue weighted by Gasteiger charge is 1.97. The molecule has 0 heterocycles. The number of benzene rings is 1. The number of rotatable bonds is 5. The van der Waals surface area contributed by atoms with Crippen LogP contribution in [0.5, 0.6) is 0 Å². The zero-order chi connectivity index (χ0) is 10.2. The molecule has 0 bridgehead atoms. The van der Waals surface area contributed by atoms with Crippen LogP contribution in [0.25, 0.3) is 0 Å². The molecule has 0 aliphatic carbocycles. The lowest BCUT2D eigenvalue weighted by molar-refractivity contribution is 1.14. The van der Waals surface area contributed by atoms with Gasteiger partial charge < -0.3 is 0 Å². The predicted octanol–water partition coefficient (Wildman–Crippen LogP) is 3.40. The number of hydrogen-bond donors (Lipinski definition) is 0. The Balaban J connectivity index is 2.79. The van der Waals surface area contributed by atoms with E-state index in [0.717, 1.165) is 12.3 Å². The second-order valence-corrected chi connectivity index (χ2v) is 3.83. The summed E-state index contributed by atoms with van der Waals surface area (Å²) in [5.41, 5.74) is 1.20. The van der Waals surface area contributed by atoms with Crippen LogP contribution in [-0.2, 0) is 0 Å². The fourth-order valence-corrected chi connectivity index (χ4v) is 1.82. The van der Waals surface area contributed by atoms with E-state index in [9.17, 15) is 0 Å². The summed E-state index contributed by atoms with van der Waals surface area (Å²) in [5.74, 6) is 0.941. The Morgan fingerprint density at radius 3 is 2.93 bits per heavy atom. The molecule has 1 nitrogen and oxygen atoms in total. The zero-order valence-electron chi connectivity index (χ0n) is 8.44. The third-order valence-corrected chi connectivity index (χ3v) is 2.77. The van der Waals surface area contributed by atoms with Gasteiger partial charge in [0.2, 0.25) is 0 Å². The van der Waals surface area contributed by atoms with Gasteiger partial charge in [-0.2, -0.15) is 0 Å². The SMILES string of the molecule is C=CCSc1ccccc1C=NCC. The molecule has 0 amide bonds. The van der Waals surface area contributed by atoms with E-state index in [-0.39, 0.29) is 0 Å². The molecule has 1 rings (SSSR count). The Morgan fingerprint density at radius 1 is 1.43 bits per heavy atom. The monoisotopic (exact) mass is 205 g/mol. The van der Waals surface area contributed by atoms with Crippen molar-refractivity contribution in [1.29, 1.82) is 0 Å². The summed E-state index contributed by atoms with van der Waals surface area (Å²) >= 11 is 1.79. The van der Waals surface area contributed by atoms with Crippen molar-refractivity contribution in [3.63, 3.8) is 0 Å². The van der Waals surface area contributed by atoms with Gasteiger partial charge in [-0.25, -0.2) is 0 Å². The van der Waals surface area contributed by atoms with Crippen LogP contribution < -0.4 is 0 Å². The quantitative estimate of drug-likeness (QED) is 0.408. The Hall–Kier alpha value is -1.02. The van der Waals surface area contributed by atoms with Crippen molar-refractivity contribution in [3.8, 4) is 0 Å². The molecule has 0 atom stereocenters. The van der Waals surface area contributed by atoms with Crippen molar-refractivity contribution in [3.05, 3.63) is 42.5 Å². The molecule has 0 aromatic heterocycles. The van der Waals surface area contributed by atoms with Gasteiger partial charge in [0.1, 0.15) is 0 Å². The average molecular weight is 205 g/mol. The van der Waals surface area contributed by atoms with Gasteiger partial charge in [0.25, 0.3) is 0 Å². The molecule has 2 heteroatoms. The summed E-state index contributed by atoms with van der Waals surface area (Å²) in [6.07, 6.45) is 3.85. The van der Waals surface area contributed by atoms with Gasteiger partial charge in [0.05, 0.1) is 0 Å². The van der Waals surface area contributed by atoms with Crippen LogP contribution >= 0.6 is 11.8 Å². The highest BCUT2D eigenvalue weighted by Crippen LogP contribution is 2.21. The molecular formula is C12H15NS. The predicted molar refractivity (Wildman–Crippen MR) is 65.5 cm³/mol. The number of hydrogen-bond acceptors (Lipinski definition) is 2. The second kappa shape index (κ2) is 6.44. The second-order valence-electron chi connectivity index (χ2n) is 2.77. The van der Waals surface area contributed by atoms with E-state index in [1.54, 1.807) is 11.8 Å². The molecule has 0 fully saturated rings. The van der Waals surface area contributed by atoms with Crippen LogP contribution in [-0.4, -0.2) is 18.5 Å². The molecule has 74 valence electrons. The van der Waals surface area contributed by atoms with E-state index in [2.05, 4.69) is 29.8 Å².